The Bertz CT molecular complexity index is 1180. The van der Waals surface area contributed by atoms with Gasteiger partial charge in [0.1, 0.15) is 17.4 Å². The van der Waals surface area contributed by atoms with Gasteiger partial charge in [-0.2, -0.15) is 8.78 Å². The van der Waals surface area contributed by atoms with Gasteiger partial charge in [-0.25, -0.2) is 13.8 Å². The Kier molecular flexibility index (Phi) is 7.96. The fourth-order valence-corrected chi connectivity index (χ4v) is 2.69. The third kappa shape index (κ3) is 6.89. The van der Waals surface area contributed by atoms with Gasteiger partial charge in [0.05, 0.1) is 18.2 Å². The third-order valence-electron chi connectivity index (χ3n) is 4.25. The van der Waals surface area contributed by atoms with Crippen LogP contribution < -0.4 is 10.1 Å². The van der Waals surface area contributed by atoms with Crippen molar-refractivity contribution in [3.8, 4) is 17.1 Å². The largest absolute Gasteiger partial charge is 0.456 e. The lowest BCUT2D eigenvalue weighted by Crippen LogP contribution is -2.34. The van der Waals surface area contributed by atoms with Crippen LogP contribution in [-0.2, 0) is 20.7 Å². The predicted molar refractivity (Wildman–Crippen MR) is 107 cm³/mol. The number of imide groups is 1. The van der Waals surface area contributed by atoms with E-state index in [0.717, 1.165) is 18.2 Å². The number of esters is 1. The number of carbonyl (C=O) groups is 3. The van der Waals surface area contributed by atoms with Crippen molar-refractivity contribution in [2.24, 2.45) is 0 Å². The van der Waals surface area contributed by atoms with E-state index in [-0.39, 0.29) is 41.4 Å². The molecule has 1 aromatic heterocycles. The summed E-state index contributed by atoms with van der Waals surface area (Å²) in [6.07, 6.45) is 0.982. The Morgan fingerprint density at radius 2 is 1.79 bits per heavy atom. The first-order valence-electron chi connectivity index (χ1n) is 9.66. The molecule has 178 valence electrons. The Balaban J connectivity index is 1.42. The molecule has 0 saturated heterocycles. The molecule has 1 heterocycles. The highest BCUT2D eigenvalue weighted by molar-refractivity contribution is 6.05. The highest BCUT2D eigenvalue weighted by atomic mass is 19.3. The molecule has 1 N–H and O–H groups in total. The van der Waals surface area contributed by atoms with E-state index in [4.69, 9.17) is 9.15 Å². The van der Waals surface area contributed by atoms with Gasteiger partial charge in [0.15, 0.2) is 18.3 Å². The normalized spacial score (nSPS) is 10.7. The number of aromatic nitrogens is 1. The molecule has 0 aliphatic carbocycles. The molecule has 0 bridgehead atoms. The fraction of sp³-hybridized carbons (Fsp3) is 0.182. The van der Waals surface area contributed by atoms with Crippen LogP contribution in [0, 0.1) is 11.6 Å². The summed E-state index contributed by atoms with van der Waals surface area (Å²) in [6.45, 7) is -3.76. The van der Waals surface area contributed by atoms with Crippen molar-refractivity contribution in [3.63, 3.8) is 0 Å². The second kappa shape index (κ2) is 11.1. The van der Waals surface area contributed by atoms with Crippen LogP contribution in [-0.4, -0.2) is 36.0 Å². The van der Waals surface area contributed by atoms with Crippen LogP contribution >= 0.6 is 0 Å². The van der Waals surface area contributed by atoms with Crippen molar-refractivity contribution in [2.45, 2.75) is 19.5 Å². The molecule has 0 aliphatic heterocycles. The van der Waals surface area contributed by atoms with E-state index in [9.17, 15) is 31.9 Å². The summed E-state index contributed by atoms with van der Waals surface area (Å²) in [5.74, 6) is -4.12. The van der Waals surface area contributed by atoms with Gasteiger partial charge >= 0.3 is 12.6 Å². The van der Waals surface area contributed by atoms with Crippen molar-refractivity contribution < 1.29 is 45.8 Å². The minimum absolute atomic E-state index is 0.000234. The van der Waals surface area contributed by atoms with Gasteiger partial charge in [0, 0.05) is 18.1 Å². The molecule has 0 atom stereocenters. The van der Waals surface area contributed by atoms with Crippen molar-refractivity contribution in [1.29, 1.82) is 0 Å². The van der Waals surface area contributed by atoms with Crippen LogP contribution in [0.5, 0.6) is 5.75 Å². The standard InChI is InChI=1S/C22H16F4N2O6/c23-13-3-6-15(16(24)9-13)17-10-27-19(34-17)7-8-20(30)32-11-18(29)28-21(31)12-1-4-14(5-2-12)33-22(25)26/h1-6,9-10,22H,7-8,11H2,(H,28,29,31). The number of carbonyl (C=O) groups excluding carboxylic acids is 3. The maximum Gasteiger partial charge on any atom is 0.387 e. The van der Waals surface area contributed by atoms with Crippen molar-refractivity contribution in [1.82, 2.24) is 10.3 Å². The number of nitrogens with one attached hydrogen (secondary N) is 1. The molecule has 3 rings (SSSR count). The second-order valence-corrected chi connectivity index (χ2v) is 6.68. The van der Waals surface area contributed by atoms with Gasteiger partial charge in [0.25, 0.3) is 11.8 Å². The van der Waals surface area contributed by atoms with E-state index in [1.54, 1.807) is 0 Å². The maximum absolute atomic E-state index is 13.8. The SMILES string of the molecule is O=C(COC(=O)CCc1ncc(-c2ccc(F)cc2F)o1)NC(=O)c1ccc(OC(F)F)cc1. The minimum Gasteiger partial charge on any atom is -0.456 e. The summed E-state index contributed by atoms with van der Waals surface area (Å²) < 4.78 is 65.3. The molecule has 8 nitrogen and oxygen atoms in total. The number of alkyl halides is 2. The lowest BCUT2D eigenvalue weighted by atomic mass is 10.2. The zero-order chi connectivity index (χ0) is 24.7. The Morgan fingerprint density at radius 3 is 2.47 bits per heavy atom. The Labute approximate surface area is 189 Å². The molecular formula is C22H16F4N2O6. The number of oxazole rings is 1. The van der Waals surface area contributed by atoms with Gasteiger partial charge in [-0.05, 0) is 36.4 Å². The second-order valence-electron chi connectivity index (χ2n) is 6.68. The van der Waals surface area contributed by atoms with E-state index in [1.807, 2.05) is 5.32 Å². The Hall–Kier alpha value is -4.22. The van der Waals surface area contributed by atoms with E-state index in [1.165, 1.54) is 24.4 Å². The first kappa shape index (κ1) is 24.4. The topological polar surface area (TPSA) is 108 Å². The van der Waals surface area contributed by atoms with Gasteiger partial charge in [-0.15, -0.1) is 0 Å². The summed E-state index contributed by atoms with van der Waals surface area (Å²) in [5, 5.41) is 1.98. The van der Waals surface area contributed by atoms with Crippen LogP contribution in [0.25, 0.3) is 11.3 Å². The molecule has 0 radical (unpaired) electrons. The van der Waals surface area contributed by atoms with E-state index in [0.29, 0.717) is 6.07 Å². The average molecular weight is 480 g/mol. The molecule has 0 unspecified atom stereocenters. The molecule has 0 aliphatic rings. The zero-order valence-corrected chi connectivity index (χ0v) is 17.2. The number of ether oxygens (including phenoxy) is 2. The summed E-state index contributed by atoms with van der Waals surface area (Å²) in [6, 6.07) is 7.55. The van der Waals surface area contributed by atoms with Crippen molar-refractivity contribution in [2.75, 3.05) is 6.61 Å². The molecule has 2 amide bonds. The third-order valence-corrected chi connectivity index (χ3v) is 4.25. The number of nitrogens with zero attached hydrogens (tertiary/aromatic N) is 1. The van der Waals surface area contributed by atoms with E-state index < -0.39 is 42.6 Å². The molecule has 0 spiro atoms. The van der Waals surface area contributed by atoms with Crippen molar-refractivity contribution in [3.05, 3.63) is 71.8 Å². The van der Waals surface area contributed by atoms with Crippen LogP contribution in [0.2, 0.25) is 0 Å². The van der Waals surface area contributed by atoms with Crippen LogP contribution in [0.4, 0.5) is 17.6 Å². The average Bonchev–Trinajstić information content (AvgIpc) is 3.25. The highest BCUT2D eigenvalue weighted by Gasteiger charge is 2.16. The number of benzene rings is 2. The first-order valence-corrected chi connectivity index (χ1v) is 9.66. The molecule has 34 heavy (non-hydrogen) atoms. The van der Waals surface area contributed by atoms with Gasteiger partial charge < -0.3 is 13.9 Å². The summed E-state index contributed by atoms with van der Waals surface area (Å²) >= 11 is 0. The number of rotatable bonds is 9. The van der Waals surface area contributed by atoms with E-state index in [2.05, 4.69) is 9.72 Å². The molecule has 2 aromatic carbocycles. The number of aryl methyl sites for hydroxylation is 1. The van der Waals surface area contributed by atoms with Gasteiger partial charge in [-0.3, -0.25) is 19.7 Å². The summed E-state index contributed by atoms with van der Waals surface area (Å²) in [5.41, 5.74) is -0.00108. The number of halogens is 4. The summed E-state index contributed by atoms with van der Waals surface area (Å²) in [4.78, 5) is 39.5. The fourth-order valence-electron chi connectivity index (χ4n) is 2.69. The number of amides is 2. The van der Waals surface area contributed by atoms with Crippen LogP contribution in [0.15, 0.2) is 53.1 Å². The predicted octanol–water partition coefficient (Wildman–Crippen LogP) is 3.65. The smallest absolute Gasteiger partial charge is 0.387 e. The lowest BCUT2D eigenvalue weighted by molar-refractivity contribution is -0.148. The number of hydrogen-bond donors (Lipinski definition) is 1. The quantitative estimate of drug-likeness (QED) is 0.368. The Morgan fingerprint density at radius 1 is 1.06 bits per heavy atom. The molecular weight excluding hydrogens is 464 g/mol. The van der Waals surface area contributed by atoms with Gasteiger partial charge in [0.2, 0.25) is 0 Å². The first-order chi connectivity index (χ1) is 16.2. The maximum atomic E-state index is 13.8. The van der Waals surface area contributed by atoms with E-state index >= 15 is 0 Å². The highest BCUT2D eigenvalue weighted by Crippen LogP contribution is 2.24. The lowest BCUT2D eigenvalue weighted by Gasteiger charge is -2.07. The van der Waals surface area contributed by atoms with Gasteiger partial charge in [-0.1, -0.05) is 0 Å². The minimum atomic E-state index is -3.01. The number of hydrogen-bond acceptors (Lipinski definition) is 7. The van der Waals surface area contributed by atoms with Crippen LogP contribution in [0.3, 0.4) is 0 Å². The molecule has 12 heteroatoms. The molecule has 3 aromatic rings. The van der Waals surface area contributed by atoms with Crippen LogP contribution in [0.1, 0.15) is 22.7 Å². The van der Waals surface area contributed by atoms with Crippen molar-refractivity contribution >= 4 is 17.8 Å². The monoisotopic (exact) mass is 480 g/mol. The molecule has 0 fully saturated rings. The summed E-state index contributed by atoms with van der Waals surface area (Å²) in [7, 11) is 0. The zero-order valence-electron chi connectivity index (χ0n) is 17.2. The molecule has 0 saturated carbocycles.